The summed E-state index contributed by atoms with van der Waals surface area (Å²) in [6.07, 6.45) is -4.40. The van der Waals surface area contributed by atoms with Gasteiger partial charge in [-0.2, -0.15) is 13.2 Å². The number of aliphatic hydroxyl groups is 1. The molecule has 1 saturated heterocycles. The summed E-state index contributed by atoms with van der Waals surface area (Å²) < 4.78 is 44.1. The fraction of sp³-hybridized carbons (Fsp3) is 0.292. The maximum Gasteiger partial charge on any atom is 0.416 e. The van der Waals surface area contributed by atoms with E-state index in [1.165, 1.54) is 12.1 Å². The lowest BCUT2D eigenvalue weighted by molar-refractivity contribution is -0.137. The molecule has 1 N–H and O–H groups in total. The van der Waals surface area contributed by atoms with Crippen LogP contribution in [0.3, 0.4) is 0 Å². The number of hydrogen-bond donors (Lipinski definition) is 1. The monoisotopic (exact) mass is 444 g/mol. The Morgan fingerprint density at radius 3 is 2.34 bits per heavy atom. The Hall–Kier alpha value is -3.10. The van der Waals surface area contributed by atoms with Crippen LogP contribution >= 0.6 is 0 Å². The molecule has 5 nitrogen and oxygen atoms in total. The van der Waals surface area contributed by atoms with E-state index in [0.29, 0.717) is 36.7 Å². The minimum absolute atomic E-state index is 0.0513. The third-order valence-electron chi connectivity index (χ3n) is 5.57. The number of carbonyl (C=O) groups excluding carboxylic acids is 1. The summed E-state index contributed by atoms with van der Waals surface area (Å²) in [4.78, 5) is 16.9. The molecule has 0 aromatic heterocycles. The average Bonchev–Trinajstić information content (AvgIpc) is 2.79. The quantitative estimate of drug-likeness (QED) is 0.634. The molecule has 168 valence electrons. The summed E-state index contributed by atoms with van der Waals surface area (Å²) in [6, 6.07) is 15.3. The zero-order valence-electron chi connectivity index (χ0n) is 17.3. The number of benzene rings is 3. The molecule has 0 saturated carbocycles. The zero-order valence-corrected chi connectivity index (χ0v) is 17.3. The lowest BCUT2D eigenvalue weighted by Gasteiger charge is -2.34. The number of rotatable bonds is 5. The number of piperazine rings is 1. The molecule has 1 aliphatic rings. The SMILES string of the molecule is O=C(c1ccc2c(Oc3ccc(C(F)(F)F)cc3)cccc2c1)N1CCN(CCO)CC1. The molecule has 8 heteroatoms. The Balaban J connectivity index is 1.51. The molecule has 0 radical (unpaired) electrons. The maximum absolute atomic E-state index is 12.9. The first-order chi connectivity index (χ1) is 15.3. The van der Waals surface area contributed by atoms with Crippen LogP contribution in [0, 0.1) is 0 Å². The molecule has 4 rings (SSSR count). The summed E-state index contributed by atoms with van der Waals surface area (Å²) in [5, 5.41) is 10.6. The first-order valence-corrected chi connectivity index (χ1v) is 10.4. The van der Waals surface area contributed by atoms with Crippen molar-refractivity contribution < 1.29 is 27.8 Å². The average molecular weight is 444 g/mol. The van der Waals surface area contributed by atoms with Crippen LogP contribution in [0.2, 0.25) is 0 Å². The third kappa shape index (κ3) is 4.87. The van der Waals surface area contributed by atoms with Crippen LogP contribution in [-0.2, 0) is 6.18 Å². The molecular formula is C24H23F3N2O3. The zero-order chi connectivity index (χ0) is 22.7. The van der Waals surface area contributed by atoms with E-state index in [-0.39, 0.29) is 12.5 Å². The van der Waals surface area contributed by atoms with Gasteiger partial charge in [0.2, 0.25) is 0 Å². The van der Waals surface area contributed by atoms with Gasteiger partial charge in [0, 0.05) is 43.7 Å². The number of carbonyl (C=O) groups is 1. The van der Waals surface area contributed by atoms with E-state index in [9.17, 15) is 18.0 Å². The van der Waals surface area contributed by atoms with Gasteiger partial charge in [-0.3, -0.25) is 9.69 Å². The van der Waals surface area contributed by atoms with Gasteiger partial charge < -0.3 is 14.7 Å². The molecule has 0 spiro atoms. The third-order valence-corrected chi connectivity index (χ3v) is 5.57. The van der Waals surface area contributed by atoms with E-state index in [0.717, 1.165) is 36.0 Å². The van der Waals surface area contributed by atoms with Gasteiger partial charge in [-0.15, -0.1) is 0 Å². The highest BCUT2D eigenvalue weighted by molar-refractivity contribution is 6.00. The number of hydrogen-bond acceptors (Lipinski definition) is 4. The molecular weight excluding hydrogens is 421 g/mol. The first kappa shape index (κ1) is 22.1. The molecule has 0 aliphatic carbocycles. The smallest absolute Gasteiger partial charge is 0.416 e. The predicted octanol–water partition coefficient (Wildman–Crippen LogP) is 4.40. The van der Waals surface area contributed by atoms with Crippen LogP contribution in [0.25, 0.3) is 10.8 Å². The van der Waals surface area contributed by atoms with Crippen molar-refractivity contribution in [2.24, 2.45) is 0 Å². The van der Waals surface area contributed by atoms with E-state index < -0.39 is 11.7 Å². The molecule has 32 heavy (non-hydrogen) atoms. The molecule has 0 unspecified atom stereocenters. The second-order valence-electron chi connectivity index (χ2n) is 7.67. The van der Waals surface area contributed by atoms with Crippen LogP contribution in [0.1, 0.15) is 15.9 Å². The van der Waals surface area contributed by atoms with Gasteiger partial charge in [-0.1, -0.05) is 12.1 Å². The van der Waals surface area contributed by atoms with Gasteiger partial charge in [0.05, 0.1) is 12.2 Å². The Morgan fingerprint density at radius 2 is 1.69 bits per heavy atom. The van der Waals surface area contributed by atoms with Gasteiger partial charge in [0.25, 0.3) is 5.91 Å². The van der Waals surface area contributed by atoms with Crippen molar-refractivity contribution in [3.05, 3.63) is 71.8 Å². The van der Waals surface area contributed by atoms with Crippen LogP contribution in [0.15, 0.2) is 60.7 Å². The molecule has 3 aromatic carbocycles. The molecule has 0 atom stereocenters. The Bertz CT molecular complexity index is 1090. The molecule has 3 aromatic rings. The fourth-order valence-corrected chi connectivity index (χ4v) is 3.81. The van der Waals surface area contributed by atoms with Crippen LogP contribution < -0.4 is 4.74 Å². The van der Waals surface area contributed by atoms with E-state index in [1.807, 2.05) is 6.07 Å². The van der Waals surface area contributed by atoms with Crippen LogP contribution in [-0.4, -0.2) is 60.1 Å². The Labute approximate surface area is 183 Å². The van der Waals surface area contributed by atoms with Crippen molar-refractivity contribution in [3.63, 3.8) is 0 Å². The molecule has 1 amide bonds. The van der Waals surface area contributed by atoms with Crippen molar-refractivity contribution in [1.82, 2.24) is 9.80 Å². The lowest BCUT2D eigenvalue weighted by Crippen LogP contribution is -2.49. The Kier molecular flexibility index (Phi) is 6.34. The highest BCUT2D eigenvalue weighted by Gasteiger charge is 2.30. The van der Waals surface area contributed by atoms with Crippen molar-refractivity contribution in [2.45, 2.75) is 6.18 Å². The molecule has 1 fully saturated rings. The summed E-state index contributed by atoms with van der Waals surface area (Å²) in [5.74, 6) is 0.745. The fourth-order valence-electron chi connectivity index (χ4n) is 3.81. The highest BCUT2D eigenvalue weighted by Crippen LogP contribution is 2.34. The number of β-amino-alcohol motifs (C(OH)–C–C–N with tert-alkyl or cyclic N) is 1. The summed E-state index contributed by atoms with van der Waals surface area (Å²) in [6.45, 7) is 3.38. The number of aliphatic hydroxyl groups excluding tert-OH is 1. The van der Waals surface area contributed by atoms with Crippen molar-refractivity contribution in [3.8, 4) is 11.5 Å². The van der Waals surface area contributed by atoms with Crippen molar-refractivity contribution in [2.75, 3.05) is 39.3 Å². The number of alkyl halides is 3. The van der Waals surface area contributed by atoms with Crippen LogP contribution in [0.4, 0.5) is 13.2 Å². The minimum atomic E-state index is -4.40. The van der Waals surface area contributed by atoms with Crippen molar-refractivity contribution in [1.29, 1.82) is 0 Å². The largest absolute Gasteiger partial charge is 0.457 e. The number of halogens is 3. The van der Waals surface area contributed by atoms with Crippen molar-refractivity contribution >= 4 is 16.7 Å². The predicted molar refractivity (Wildman–Crippen MR) is 115 cm³/mol. The first-order valence-electron chi connectivity index (χ1n) is 10.4. The van der Waals surface area contributed by atoms with E-state index in [4.69, 9.17) is 9.84 Å². The topological polar surface area (TPSA) is 53.0 Å². The van der Waals surface area contributed by atoms with E-state index in [2.05, 4.69) is 4.90 Å². The van der Waals surface area contributed by atoms with Gasteiger partial charge in [0.1, 0.15) is 11.5 Å². The van der Waals surface area contributed by atoms with Gasteiger partial charge in [-0.05, 0) is 53.9 Å². The second-order valence-corrected chi connectivity index (χ2v) is 7.67. The summed E-state index contributed by atoms with van der Waals surface area (Å²) in [5.41, 5.74) is -0.164. The number of fused-ring (bicyclic) bond motifs is 1. The van der Waals surface area contributed by atoms with Gasteiger partial charge >= 0.3 is 6.18 Å². The number of amides is 1. The van der Waals surface area contributed by atoms with Crippen LogP contribution in [0.5, 0.6) is 11.5 Å². The Morgan fingerprint density at radius 1 is 0.969 bits per heavy atom. The second kappa shape index (κ2) is 9.18. The van der Waals surface area contributed by atoms with E-state index in [1.54, 1.807) is 35.2 Å². The maximum atomic E-state index is 12.9. The standard InChI is InChI=1S/C24H23F3N2O3/c25-24(26,27)19-5-7-20(8-6-19)32-22-3-1-2-17-16-18(4-9-21(17)22)23(31)29-12-10-28(11-13-29)14-15-30/h1-9,16,30H,10-15H2. The molecule has 1 aliphatic heterocycles. The highest BCUT2D eigenvalue weighted by atomic mass is 19.4. The van der Waals surface area contributed by atoms with Gasteiger partial charge in [-0.25, -0.2) is 0 Å². The van der Waals surface area contributed by atoms with Gasteiger partial charge in [0.15, 0.2) is 0 Å². The normalized spacial score (nSPS) is 15.2. The summed E-state index contributed by atoms with van der Waals surface area (Å²) in [7, 11) is 0. The number of ether oxygens (including phenoxy) is 1. The number of nitrogens with zero attached hydrogens (tertiary/aromatic N) is 2. The molecule has 0 bridgehead atoms. The lowest BCUT2D eigenvalue weighted by atomic mass is 10.0. The minimum Gasteiger partial charge on any atom is -0.457 e. The summed E-state index contributed by atoms with van der Waals surface area (Å²) >= 11 is 0. The molecule has 1 heterocycles. The van der Waals surface area contributed by atoms with E-state index >= 15 is 0 Å².